The molecule has 2 unspecified atom stereocenters. The van der Waals surface area contributed by atoms with E-state index >= 15 is 0 Å². The van der Waals surface area contributed by atoms with Crippen molar-refractivity contribution >= 4 is 17.5 Å². The molecule has 8 heteroatoms. The van der Waals surface area contributed by atoms with E-state index in [-0.39, 0.29) is 11.9 Å². The van der Waals surface area contributed by atoms with E-state index in [9.17, 15) is 13.6 Å². The average molecular weight is 507 g/mol. The summed E-state index contributed by atoms with van der Waals surface area (Å²) in [5, 5.41) is 3.92. The van der Waals surface area contributed by atoms with Crippen molar-refractivity contribution in [3.8, 4) is 0 Å². The van der Waals surface area contributed by atoms with Gasteiger partial charge in [-0.05, 0) is 73.5 Å². The second kappa shape index (κ2) is 11.3. The van der Waals surface area contributed by atoms with E-state index in [0.717, 1.165) is 48.9 Å². The lowest BCUT2D eigenvalue weighted by Gasteiger charge is -2.44. The molecule has 2 atom stereocenters. The van der Waals surface area contributed by atoms with Gasteiger partial charge in [0.15, 0.2) is 11.6 Å². The summed E-state index contributed by atoms with van der Waals surface area (Å²) in [6, 6.07) is 9.88. The number of rotatable bonds is 10. The van der Waals surface area contributed by atoms with Crippen molar-refractivity contribution in [2.75, 3.05) is 33.9 Å². The van der Waals surface area contributed by atoms with Gasteiger partial charge in [0, 0.05) is 45.0 Å². The van der Waals surface area contributed by atoms with Crippen LogP contribution in [-0.4, -0.2) is 50.8 Å². The van der Waals surface area contributed by atoms with E-state index in [1.807, 2.05) is 17.0 Å². The molecule has 190 valence electrons. The van der Waals surface area contributed by atoms with Crippen LogP contribution < -0.4 is 5.32 Å². The van der Waals surface area contributed by atoms with Crippen LogP contribution in [0.2, 0.25) is 5.02 Å². The number of halogens is 3. The average Bonchev–Trinajstić information content (AvgIpc) is 3.71. The Bertz CT molecular complexity index is 1050. The van der Waals surface area contributed by atoms with Gasteiger partial charge in [0.1, 0.15) is 5.60 Å². The molecule has 0 bridgehead atoms. The summed E-state index contributed by atoms with van der Waals surface area (Å²) >= 11 is 6.55. The number of carbonyl (C=O) groups excluding carboxylic acids is 1. The summed E-state index contributed by atoms with van der Waals surface area (Å²) < 4.78 is 39.0. The molecule has 2 aliphatic rings. The highest BCUT2D eigenvalue weighted by Crippen LogP contribution is 2.42. The van der Waals surface area contributed by atoms with Crippen LogP contribution in [0.1, 0.15) is 42.4 Å². The fourth-order valence-electron chi connectivity index (χ4n) is 5.10. The second-order valence-corrected chi connectivity index (χ2v) is 9.86. The molecule has 35 heavy (non-hydrogen) atoms. The number of benzene rings is 2. The number of ether oxygens (including phenoxy) is 2. The predicted octanol–water partition coefficient (Wildman–Crippen LogP) is 4.84. The minimum absolute atomic E-state index is 0.0628. The molecule has 1 amide bonds. The van der Waals surface area contributed by atoms with Gasteiger partial charge in [0.05, 0.1) is 5.92 Å². The number of nitrogens with zero attached hydrogens (tertiary/aromatic N) is 1. The number of nitrogens with one attached hydrogen (secondary N) is 1. The summed E-state index contributed by atoms with van der Waals surface area (Å²) in [6.07, 6.45) is 4.11. The maximum Gasteiger partial charge on any atom is 0.230 e. The molecule has 4 rings (SSSR count). The summed E-state index contributed by atoms with van der Waals surface area (Å²) in [5.74, 6) is -2.52. The van der Waals surface area contributed by atoms with Crippen LogP contribution in [-0.2, 0) is 32.8 Å². The molecule has 2 aromatic carbocycles. The third-order valence-electron chi connectivity index (χ3n) is 7.19. The Balaban J connectivity index is 1.62. The number of carbonyl (C=O) groups is 1. The lowest BCUT2D eigenvalue weighted by molar-refractivity contribution is -0.155. The second-order valence-electron chi connectivity index (χ2n) is 9.45. The first-order valence-corrected chi connectivity index (χ1v) is 12.6. The number of hydrogen-bond acceptors (Lipinski definition) is 4. The fourth-order valence-corrected chi connectivity index (χ4v) is 5.27. The Morgan fingerprint density at radius 2 is 1.97 bits per heavy atom. The SMILES string of the molecule is COCCCc1ccc(Cl)c(CN(C(=O)C2CNCCC2(OC)c2ccc(F)c(F)c2)C2CC2)c1. The summed E-state index contributed by atoms with van der Waals surface area (Å²) in [7, 11) is 3.22. The van der Waals surface area contributed by atoms with Crippen LogP contribution in [0.4, 0.5) is 8.78 Å². The van der Waals surface area contributed by atoms with Crippen LogP contribution in [0.15, 0.2) is 36.4 Å². The number of piperidine rings is 1. The highest BCUT2D eigenvalue weighted by molar-refractivity contribution is 6.31. The van der Waals surface area contributed by atoms with Crippen LogP contribution in [0.3, 0.4) is 0 Å². The molecule has 0 radical (unpaired) electrons. The highest BCUT2D eigenvalue weighted by Gasteiger charge is 2.50. The molecule has 2 aromatic rings. The van der Waals surface area contributed by atoms with E-state index < -0.39 is 23.2 Å². The predicted molar refractivity (Wildman–Crippen MR) is 131 cm³/mol. The van der Waals surface area contributed by atoms with Gasteiger partial charge in [-0.1, -0.05) is 29.8 Å². The smallest absolute Gasteiger partial charge is 0.230 e. The van der Waals surface area contributed by atoms with Gasteiger partial charge in [0.25, 0.3) is 0 Å². The molecular formula is C27H33ClF2N2O3. The maximum atomic E-state index is 14.2. The van der Waals surface area contributed by atoms with Gasteiger partial charge >= 0.3 is 0 Å². The minimum Gasteiger partial charge on any atom is -0.385 e. The normalized spacial score (nSPS) is 22.3. The zero-order chi connectivity index (χ0) is 25.0. The molecule has 1 aliphatic carbocycles. The van der Waals surface area contributed by atoms with Gasteiger partial charge in [-0.25, -0.2) is 8.78 Å². The van der Waals surface area contributed by atoms with E-state index in [1.165, 1.54) is 13.2 Å². The molecule has 1 heterocycles. The van der Waals surface area contributed by atoms with Crippen LogP contribution in [0.25, 0.3) is 0 Å². The molecule has 5 nitrogen and oxygen atoms in total. The first-order chi connectivity index (χ1) is 16.9. The standard InChI is InChI=1S/C27H33ClF2N2O3/c1-34-13-3-4-18-5-9-23(28)19(14-18)17-32(21-7-8-21)26(33)22-16-31-12-11-27(22,35-2)20-6-10-24(29)25(30)15-20/h5-6,9-10,14-15,21-22,31H,3-4,7-8,11-13,16-17H2,1-2H3. The quantitative estimate of drug-likeness (QED) is 0.468. The van der Waals surface area contributed by atoms with Gasteiger partial charge in [-0.2, -0.15) is 0 Å². The van der Waals surface area contributed by atoms with E-state index in [0.29, 0.717) is 43.2 Å². The van der Waals surface area contributed by atoms with Gasteiger partial charge in [-0.15, -0.1) is 0 Å². The lowest BCUT2D eigenvalue weighted by Crippen LogP contribution is -2.56. The molecule has 1 N–H and O–H groups in total. The number of hydrogen-bond donors (Lipinski definition) is 1. The molecule has 2 fully saturated rings. The number of methoxy groups -OCH3 is 2. The largest absolute Gasteiger partial charge is 0.385 e. The number of aryl methyl sites for hydroxylation is 1. The van der Waals surface area contributed by atoms with Crippen molar-refractivity contribution < 1.29 is 23.0 Å². The van der Waals surface area contributed by atoms with Gasteiger partial charge in [-0.3, -0.25) is 4.79 Å². The molecule has 1 saturated carbocycles. The Kier molecular flexibility index (Phi) is 8.42. The third kappa shape index (κ3) is 5.69. The summed E-state index contributed by atoms with van der Waals surface area (Å²) in [6.45, 7) is 2.08. The number of amides is 1. The Morgan fingerprint density at radius 3 is 2.66 bits per heavy atom. The van der Waals surface area contributed by atoms with E-state index in [1.54, 1.807) is 7.11 Å². The van der Waals surface area contributed by atoms with Crippen LogP contribution >= 0.6 is 11.6 Å². The molecule has 1 aliphatic heterocycles. The first kappa shape index (κ1) is 26.0. The Hall–Kier alpha value is -2.06. The Labute approximate surface area is 210 Å². The molecule has 0 aromatic heterocycles. The van der Waals surface area contributed by atoms with Crippen molar-refractivity contribution in [2.24, 2.45) is 5.92 Å². The first-order valence-electron chi connectivity index (χ1n) is 12.2. The Morgan fingerprint density at radius 1 is 1.17 bits per heavy atom. The lowest BCUT2D eigenvalue weighted by atomic mass is 9.75. The van der Waals surface area contributed by atoms with Crippen LogP contribution in [0.5, 0.6) is 0 Å². The summed E-state index contributed by atoms with van der Waals surface area (Å²) in [4.78, 5) is 16.0. The fraction of sp³-hybridized carbons (Fsp3) is 0.519. The molecule has 1 saturated heterocycles. The van der Waals surface area contributed by atoms with Crippen molar-refractivity contribution in [1.29, 1.82) is 0 Å². The molecular weight excluding hydrogens is 474 g/mol. The van der Waals surface area contributed by atoms with E-state index in [2.05, 4.69) is 11.4 Å². The summed E-state index contributed by atoms with van der Waals surface area (Å²) in [5.41, 5.74) is 1.49. The monoisotopic (exact) mass is 506 g/mol. The van der Waals surface area contributed by atoms with E-state index in [4.69, 9.17) is 21.1 Å². The van der Waals surface area contributed by atoms with Crippen LogP contribution in [0, 0.1) is 17.6 Å². The van der Waals surface area contributed by atoms with Gasteiger partial charge in [0.2, 0.25) is 5.91 Å². The van der Waals surface area contributed by atoms with Gasteiger partial charge < -0.3 is 19.7 Å². The van der Waals surface area contributed by atoms with Crippen molar-refractivity contribution in [1.82, 2.24) is 10.2 Å². The topological polar surface area (TPSA) is 50.8 Å². The highest BCUT2D eigenvalue weighted by atomic mass is 35.5. The van der Waals surface area contributed by atoms with Crippen molar-refractivity contribution in [3.63, 3.8) is 0 Å². The maximum absolute atomic E-state index is 14.2. The molecule has 0 spiro atoms. The van der Waals surface area contributed by atoms with Crippen molar-refractivity contribution in [2.45, 2.75) is 50.3 Å². The minimum atomic E-state index is -1.05. The zero-order valence-corrected chi connectivity index (χ0v) is 21.0. The zero-order valence-electron chi connectivity index (χ0n) is 20.3. The van der Waals surface area contributed by atoms with Crippen molar-refractivity contribution in [3.05, 3.63) is 69.7 Å². The third-order valence-corrected chi connectivity index (χ3v) is 7.56.